The van der Waals surface area contributed by atoms with Crippen LogP contribution < -0.4 is 5.73 Å². The van der Waals surface area contributed by atoms with E-state index in [4.69, 9.17) is 5.73 Å². The maximum absolute atomic E-state index is 13.4. The number of hydrogen-bond donors (Lipinski definition) is 1. The minimum absolute atomic E-state index is 0.0748. The van der Waals surface area contributed by atoms with E-state index in [1.165, 1.54) is 6.07 Å². The molecule has 0 aliphatic heterocycles. The van der Waals surface area contributed by atoms with E-state index in [1.807, 2.05) is 19.9 Å². The van der Waals surface area contributed by atoms with E-state index in [0.29, 0.717) is 5.92 Å². The van der Waals surface area contributed by atoms with Crippen molar-refractivity contribution >= 4 is 0 Å². The van der Waals surface area contributed by atoms with Crippen LogP contribution in [0.3, 0.4) is 0 Å². The van der Waals surface area contributed by atoms with Gasteiger partial charge < -0.3 is 5.73 Å². The van der Waals surface area contributed by atoms with Crippen LogP contribution in [0.2, 0.25) is 0 Å². The molecule has 1 unspecified atom stereocenters. The molecule has 0 saturated carbocycles. The fourth-order valence-electron chi connectivity index (χ4n) is 2.13. The average molecular weight is 193 g/mol. The van der Waals surface area contributed by atoms with Crippen molar-refractivity contribution in [2.45, 2.75) is 32.2 Å². The molecular weight excluding hydrogens is 177 g/mol. The van der Waals surface area contributed by atoms with Gasteiger partial charge in [-0.1, -0.05) is 12.1 Å². The molecule has 0 amide bonds. The minimum atomic E-state index is -0.217. The second-order valence-electron chi connectivity index (χ2n) is 4.80. The first kappa shape index (κ1) is 9.66. The van der Waals surface area contributed by atoms with Gasteiger partial charge in [-0.2, -0.15) is 0 Å². The number of fused-ring (bicyclic) bond motifs is 1. The molecule has 0 radical (unpaired) electrons. The van der Waals surface area contributed by atoms with Crippen LogP contribution in [0.1, 0.15) is 25.0 Å². The van der Waals surface area contributed by atoms with Crippen molar-refractivity contribution in [3.8, 4) is 0 Å². The van der Waals surface area contributed by atoms with Crippen molar-refractivity contribution in [1.82, 2.24) is 0 Å². The van der Waals surface area contributed by atoms with E-state index in [0.717, 1.165) is 24.0 Å². The molecule has 1 atom stereocenters. The van der Waals surface area contributed by atoms with Crippen LogP contribution in [0, 0.1) is 11.7 Å². The number of hydrogen-bond acceptors (Lipinski definition) is 1. The first-order valence-electron chi connectivity index (χ1n) is 5.03. The molecule has 76 valence electrons. The van der Waals surface area contributed by atoms with Crippen molar-refractivity contribution < 1.29 is 4.39 Å². The van der Waals surface area contributed by atoms with Gasteiger partial charge in [0.15, 0.2) is 0 Å². The van der Waals surface area contributed by atoms with Gasteiger partial charge in [0, 0.05) is 5.54 Å². The van der Waals surface area contributed by atoms with Crippen molar-refractivity contribution in [1.29, 1.82) is 0 Å². The average Bonchev–Trinajstić information content (AvgIpc) is 2.48. The van der Waals surface area contributed by atoms with Crippen LogP contribution in [0.15, 0.2) is 18.2 Å². The highest BCUT2D eigenvalue weighted by Gasteiger charge is 2.32. The van der Waals surface area contributed by atoms with Gasteiger partial charge >= 0.3 is 0 Å². The summed E-state index contributed by atoms with van der Waals surface area (Å²) in [4.78, 5) is 0. The Morgan fingerprint density at radius 3 is 2.64 bits per heavy atom. The summed E-state index contributed by atoms with van der Waals surface area (Å²) in [6.45, 7) is 4.03. The zero-order valence-corrected chi connectivity index (χ0v) is 8.68. The lowest BCUT2D eigenvalue weighted by Gasteiger charge is -2.26. The van der Waals surface area contributed by atoms with Gasteiger partial charge in [-0.15, -0.1) is 0 Å². The van der Waals surface area contributed by atoms with Crippen LogP contribution in [-0.2, 0) is 12.8 Å². The lowest BCUT2D eigenvalue weighted by atomic mass is 9.86. The number of nitrogens with two attached hydrogens (primary N) is 1. The molecule has 1 aliphatic rings. The van der Waals surface area contributed by atoms with E-state index in [9.17, 15) is 4.39 Å². The SMILES string of the molecule is CC(C)(N)C1Cc2cccc(F)c2C1. The Bertz CT molecular complexity index is 352. The van der Waals surface area contributed by atoms with Crippen molar-refractivity contribution in [3.05, 3.63) is 35.1 Å². The Balaban J connectivity index is 2.31. The normalized spacial score (nSPS) is 21.0. The third-order valence-corrected chi connectivity index (χ3v) is 3.18. The molecular formula is C12H16FN. The van der Waals surface area contributed by atoms with Gasteiger partial charge in [0.2, 0.25) is 0 Å². The van der Waals surface area contributed by atoms with Crippen LogP contribution >= 0.6 is 0 Å². The molecule has 1 aliphatic carbocycles. The molecule has 0 saturated heterocycles. The Morgan fingerprint density at radius 1 is 1.36 bits per heavy atom. The second kappa shape index (κ2) is 3.06. The van der Waals surface area contributed by atoms with Gasteiger partial charge in [0.25, 0.3) is 0 Å². The van der Waals surface area contributed by atoms with Gasteiger partial charge in [-0.25, -0.2) is 4.39 Å². The third-order valence-electron chi connectivity index (χ3n) is 3.18. The lowest BCUT2D eigenvalue weighted by molar-refractivity contribution is 0.332. The maximum atomic E-state index is 13.4. The molecule has 0 fully saturated rings. The summed E-state index contributed by atoms with van der Waals surface area (Å²) >= 11 is 0. The zero-order chi connectivity index (χ0) is 10.3. The van der Waals surface area contributed by atoms with Crippen LogP contribution in [0.4, 0.5) is 4.39 Å². The number of rotatable bonds is 1. The summed E-state index contributed by atoms with van der Waals surface area (Å²) in [5.74, 6) is 0.295. The number of benzene rings is 1. The minimum Gasteiger partial charge on any atom is -0.325 e. The largest absolute Gasteiger partial charge is 0.325 e. The standard InChI is InChI=1S/C12H16FN/c1-12(2,14)9-6-8-4-3-5-11(13)10(8)7-9/h3-5,9H,6-7,14H2,1-2H3. The van der Waals surface area contributed by atoms with E-state index < -0.39 is 0 Å². The molecule has 0 spiro atoms. The predicted octanol–water partition coefficient (Wildman–Crippen LogP) is 2.28. The zero-order valence-electron chi connectivity index (χ0n) is 8.68. The molecule has 2 rings (SSSR count). The molecule has 2 heteroatoms. The van der Waals surface area contributed by atoms with E-state index in [2.05, 4.69) is 0 Å². The molecule has 2 N–H and O–H groups in total. The summed E-state index contributed by atoms with van der Waals surface area (Å²) < 4.78 is 13.4. The quantitative estimate of drug-likeness (QED) is 0.727. The van der Waals surface area contributed by atoms with Gasteiger partial charge in [0.05, 0.1) is 0 Å². The Kier molecular flexibility index (Phi) is 2.11. The van der Waals surface area contributed by atoms with Gasteiger partial charge in [0.1, 0.15) is 5.82 Å². The Hall–Kier alpha value is -0.890. The molecule has 1 aromatic carbocycles. The third kappa shape index (κ3) is 1.55. The van der Waals surface area contributed by atoms with Crippen LogP contribution in [0.25, 0.3) is 0 Å². The lowest BCUT2D eigenvalue weighted by Crippen LogP contribution is -2.41. The number of halogens is 1. The smallest absolute Gasteiger partial charge is 0.126 e. The molecule has 0 bridgehead atoms. The molecule has 0 aromatic heterocycles. The molecule has 1 aromatic rings. The highest BCUT2D eigenvalue weighted by molar-refractivity contribution is 5.34. The van der Waals surface area contributed by atoms with Crippen molar-refractivity contribution in [2.24, 2.45) is 11.7 Å². The highest BCUT2D eigenvalue weighted by atomic mass is 19.1. The van der Waals surface area contributed by atoms with E-state index in [1.54, 1.807) is 6.07 Å². The predicted molar refractivity (Wildman–Crippen MR) is 55.6 cm³/mol. The maximum Gasteiger partial charge on any atom is 0.126 e. The second-order valence-corrected chi connectivity index (χ2v) is 4.80. The summed E-state index contributed by atoms with van der Waals surface area (Å²) in [6, 6.07) is 5.31. The Labute approximate surface area is 84.1 Å². The summed E-state index contributed by atoms with van der Waals surface area (Å²) in [7, 11) is 0. The molecule has 0 heterocycles. The highest BCUT2D eigenvalue weighted by Crippen LogP contribution is 2.33. The summed E-state index contributed by atoms with van der Waals surface area (Å²) in [6.07, 6.45) is 1.70. The van der Waals surface area contributed by atoms with Crippen molar-refractivity contribution in [3.63, 3.8) is 0 Å². The fourth-order valence-corrected chi connectivity index (χ4v) is 2.13. The van der Waals surface area contributed by atoms with E-state index >= 15 is 0 Å². The van der Waals surface area contributed by atoms with Crippen LogP contribution in [-0.4, -0.2) is 5.54 Å². The fraction of sp³-hybridized carbons (Fsp3) is 0.500. The topological polar surface area (TPSA) is 26.0 Å². The first-order valence-corrected chi connectivity index (χ1v) is 5.03. The summed E-state index contributed by atoms with van der Waals surface area (Å²) in [5, 5.41) is 0. The molecule has 14 heavy (non-hydrogen) atoms. The van der Waals surface area contributed by atoms with Crippen molar-refractivity contribution in [2.75, 3.05) is 0 Å². The molecule has 1 nitrogen and oxygen atoms in total. The van der Waals surface area contributed by atoms with Crippen LogP contribution in [0.5, 0.6) is 0 Å². The summed E-state index contributed by atoms with van der Waals surface area (Å²) in [5.41, 5.74) is 7.84. The first-order chi connectivity index (χ1) is 6.48. The monoisotopic (exact) mass is 193 g/mol. The Morgan fingerprint density at radius 2 is 2.07 bits per heavy atom. The van der Waals surface area contributed by atoms with E-state index in [-0.39, 0.29) is 11.4 Å². The van der Waals surface area contributed by atoms with Gasteiger partial charge in [-0.05, 0) is 49.8 Å². The van der Waals surface area contributed by atoms with Gasteiger partial charge in [-0.3, -0.25) is 0 Å².